The van der Waals surface area contributed by atoms with Gasteiger partial charge in [-0.2, -0.15) is 0 Å². The fourth-order valence-corrected chi connectivity index (χ4v) is 2.77. The summed E-state index contributed by atoms with van der Waals surface area (Å²) in [6.07, 6.45) is 4.40. The Labute approximate surface area is 107 Å². The number of anilines is 2. The quantitative estimate of drug-likeness (QED) is 0.794. The van der Waals surface area contributed by atoms with E-state index in [-0.39, 0.29) is 0 Å². The lowest BCUT2D eigenvalue weighted by Gasteiger charge is -2.32. The summed E-state index contributed by atoms with van der Waals surface area (Å²) in [5.41, 5.74) is 6.59. The molecule has 2 fully saturated rings. The molecule has 0 spiro atoms. The summed E-state index contributed by atoms with van der Waals surface area (Å²) >= 11 is 0. The third kappa shape index (κ3) is 2.26. The molecular formula is C12H19N5O. The van der Waals surface area contributed by atoms with Crippen LogP contribution in [0.2, 0.25) is 0 Å². The number of rotatable bonds is 2. The molecule has 1 aromatic rings. The first-order valence-electron chi connectivity index (χ1n) is 6.47. The zero-order chi connectivity index (χ0) is 12.4. The van der Waals surface area contributed by atoms with Gasteiger partial charge in [0.25, 0.3) is 0 Å². The molecule has 6 heteroatoms. The van der Waals surface area contributed by atoms with Crippen LogP contribution in [-0.4, -0.2) is 60.3 Å². The van der Waals surface area contributed by atoms with E-state index in [1.54, 1.807) is 12.5 Å². The van der Waals surface area contributed by atoms with Gasteiger partial charge in [0.2, 0.25) is 0 Å². The summed E-state index contributed by atoms with van der Waals surface area (Å²) in [5, 5.41) is 0. The fourth-order valence-electron chi connectivity index (χ4n) is 2.77. The van der Waals surface area contributed by atoms with Crippen LogP contribution in [0.5, 0.6) is 0 Å². The van der Waals surface area contributed by atoms with Crippen molar-refractivity contribution < 1.29 is 4.74 Å². The monoisotopic (exact) mass is 249 g/mol. The molecule has 2 N–H and O–H groups in total. The molecule has 1 atom stereocenters. The maximum absolute atomic E-state index is 5.92. The van der Waals surface area contributed by atoms with E-state index in [9.17, 15) is 0 Å². The number of nitrogens with two attached hydrogens (primary N) is 1. The Morgan fingerprint density at radius 1 is 1.28 bits per heavy atom. The molecular weight excluding hydrogens is 230 g/mol. The minimum Gasteiger partial charge on any atom is -0.394 e. The fraction of sp³-hybridized carbons (Fsp3) is 0.667. The molecule has 0 bridgehead atoms. The minimum absolute atomic E-state index is 0.600. The van der Waals surface area contributed by atoms with Crippen LogP contribution in [0.4, 0.5) is 11.5 Å². The maximum Gasteiger partial charge on any atom is 0.155 e. The summed E-state index contributed by atoms with van der Waals surface area (Å²) in [5.74, 6) is 0.876. The van der Waals surface area contributed by atoms with E-state index in [0.717, 1.165) is 45.2 Å². The van der Waals surface area contributed by atoms with Crippen molar-refractivity contribution in [2.45, 2.75) is 12.5 Å². The van der Waals surface area contributed by atoms with Crippen molar-refractivity contribution in [1.82, 2.24) is 14.9 Å². The molecule has 0 radical (unpaired) electrons. The Morgan fingerprint density at radius 2 is 2.11 bits per heavy atom. The average molecular weight is 249 g/mol. The van der Waals surface area contributed by atoms with Crippen LogP contribution in [-0.2, 0) is 4.74 Å². The average Bonchev–Trinajstić information content (AvgIpc) is 2.90. The Morgan fingerprint density at radius 3 is 2.89 bits per heavy atom. The number of aromatic nitrogens is 2. The van der Waals surface area contributed by atoms with Crippen LogP contribution in [0.15, 0.2) is 12.5 Å². The summed E-state index contributed by atoms with van der Waals surface area (Å²) in [6, 6.07) is 0.600. The van der Waals surface area contributed by atoms with Crippen LogP contribution in [0.25, 0.3) is 0 Å². The third-order valence-corrected chi connectivity index (χ3v) is 3.74. The summed E-state index contributed by atoms with van der Waals surface area (Å²) < 4.78 is 5.39. The van der Waals surface area contributed by atoms with Gasteiger partial charge >= 0.3 is 0 Å². The van der Waals surface area contributed by atoms with Gasteiger partial charge < -0.3 is 15.4 Å². The van der Waals surface area contributed by atoms with Crippen molar-refractivity contribution in [2.75, 3.05) is 50.0 Å². The lowest BCUT2D eigenvalue weighted by Crippen LogP contribution is -2.44. The Kier molecular flexibility index (Phi) is 3.29. The van der Waals surface area contributed by atoms with E-state index in [0.29, 0.717) is 11.7 Å². The first-order chi connectivity index (χ1) is 8.84. The van der Waals surface area contributed by atoms with Crippen LogP contribution in [0.1, 0.15) is 6.42 Å². The standard InChI is InChI=1S/C12H19N5O/c13-11-7-14-9-15-12(11)17-2-1-10(8-17)16-3-5-18-6-4-16/h7,9-10H,1-6,8,13H2. The molecule has 3 heterocycles. The van der Waals surface area contributed by atoms with Crippen molar-refractivity contribution in [2.24, 2.45) is 0 Å². The lowest BCUT2D eigenvalue weighted by molar-refractivity contribution is 0.0209. The van der Waals surface area contributed by atoms with Gasteiger partial charge in [0.1, 0.15) is 6.33 Å². The molecule has 0 saturated carbocycles. The summed E-state index contributed by atoms with van der Waals surface area (Å²) in [6.45, 7) is 5.80. The van der Waals surface area contributed by atoms with Gasteiger partial charge in [-0.25, -0.2) is 9.97 Å². The maximum atomic E-state index is 5.92. The molecule has 1 unspecified atom stereocenters. The Bertz CT molecular complexity index is 407. The minimum atomic E-state index is 0.600. The van der Waals surface area contributed by atoms with Gasteiger partial charge in [0, 0.05) is 32.2 Å². The van der Waals surface area contributed by atoms with Gasteiger partial charge in [-0.05, 0) is 6.42 Å². The zero-order valence-corrected chi connectivity index (χ0v) is 10.5. The van der Waals surface area contributed by atoms with Crippen LogP contribution < -0.4 is 10.6 Å². The number of nitrogen functional groups attached to an aromatic ring is 1. The van der Waals surface area contributed by atoms with E-state index in [1.165, 1.54) is 6.42 Å². The smallest absolute Gasteiger partial charge is 0.155 e. The number of nitrogens with zero attached hydrogens (tertiary/aromatic N) is 4. The van der Waals surface area contributed by atoms with Gasteiger partial charge in [-0.15, -0.1) is 0 Å². The van der Waals surface area contributed by atoms with Crippen LogP contribution in [0.3, 0.4) is 0 Å². The van der Waals surface area contributed by atoms with Gasteiger partial charge in [-0.3, -0.25) is 4.90 Å². The number of hydrogen-bond acceptors (Lipinski definition) is 6. The van der Waals surface area contributed by atoms with Gasteiger partial charge in [0.15, 0.2) is 5.82 Å². The summed E-state index contributed by atoms with van der Waals surface area (Å²) in [4.78, 5) is 13.0. The van der Waals surface area contributed by atoms with Gasteiger partial charge in [0.05, 0.1) is 25.1 Å². The normalized spacial score (nSPS) is 25.6. The van der Waals surface area contributed by atoms with Gasteiger partial charge in [-0.1, -0.05) is 0 Å². The van der Waals surface area contributed by atoms with E-state index in [4.69, 9.17) is 10.5 Å². The van der Waals surface area contributed by atoms with Crippen LogP contribution in [0, 0.1) is 0 Å². The second-order valence-corrected chi connectivity index (χ2v) is 4.84. The van der Waals surface area contributed by atoms with Crippen molar-refractivity contribution >= 4 is 11.5 Å². The van der Waals surface area contributed by atoms with E-state index < -0.39 is 0 Å². The number of ether oxygens (including phenoxy) is 1. The molecule has 18 heavy (non-hydrogen) atoms. The molecule has 0 aromatic carbocycles. The van der Waals surface area contributed by atoms with Crippen LogP contribution >= 0.6 is 0 Å². The highest BCUT2D eigenvalue weighted by Crippen LogP contribution is 2.25. The molecule has 0 aliphatic carbocycles. The molecule has 98 valence electrons. The molecule has 2 aliphatic heterocycles. The molecule has 2 saturated heterocycles. The molecule has 1 aromatic heterocycles. The first-order valence-corrected chi connectivity index (χ1v) is 6.47. The highest BCUT2D eigenvalue weighted by atomic mass is 16.5. The van der Waals surface area contributed by atoms with E-state index in [2.05, 4.69) is 19.8 Å². The van der Waals surface area contributed by atoms with E-state index in [1.807, 2.05) is 0 Å². The first kappa shape index (κ1) is 11.7. The Hall–Kier alpha value is -1.40. The van der Waals surface area contributed by atoms with Crippen molar-refractivity contribution in [3.63, 3.8) is 0 Å². The number of morpholine rings is 1. The highest BCUT2D eigenvalue weighted by Gasteiger charge is 2.29. The second kappa shape index (κ2) is 5.07. The van der Waals surface area contributed by atoms with Crippen molar-refractivity contribution in [3.8, 4) is 0 Å². The molecule has 0 amide bonds. The molecule has 6 nitrogen and oxygen atoms in total. The summed E-state index contributed by atoms with van der Waals surface area (Å²) in [7, 11) is 0. The third-order valence-electron chi connectivity index (χ3n) is 3.74. The van der Waals surface area contributed by atoms with Crippen molar-refractivity contribution in [1.29, 1.82) is 0 Å². The zero-order valence-electron chi connectivity index (χ0n) is 10.5. The van der Waals surface area contributed by atoms with Crippen molar-refractivity contribution in [3.05, 3.63) is 12.5 Å². The topological polar surface area (TPSA) is 67.5 Å². The predicted molar refractivity (Wildman–Crippen MR) is 69.5 cm³/mol. The second-order valence-electron chi connectivity index (χ2n) is 4.84. The molecule has 3 rings (SSSR count). The SMILES string of the molecule is Nc1cncnc1N1CCC(N2CCOCC2)C1. The largest absolute Gasteiger partial charge is 0.394 e. The highest BCUT2D eigenvalue weighted by molar-refractivity contribution is 5.61. The van der Waals surface area contributed by atoms with E-state index >= 15 is 0 Å². The predicted octanol–water partition coefficient (Wildman–Crippen LogP) is -0.0303. The number of hydrogen-bond donors (Lipinski definition) is 1. The molecule has 2 aliphatic rings. The lowest BCUT2D eigenvalue weighted by atomic mass is 10.2. The Balaban J connectivity index is 1.66.